The van der Waals surface area contributed by atoms with Gasteiger partial charge in [-0.2, -0.15) is 0 Å². The minimum Gasteiger partial charge on any atom is -0.394 e. The van der Waals surface area contributed by atoms with E-state index in [9.17, 15) is 18.8 Å². The van der Waals surface area contributed by atoms with Crippen LogP contribution in [0.25, 0.3) is 0 Å². The van der Waals surface area contributed by atoms with Gasteiger partial charge in [-0.15, -0.1) is 0 Å². The summed E-state index contributed by atoms with van der Waals surface area (Å²) in [6.07, 6.45) is 4.02. The molecule has 11 nitrogen and oxygen atoms in total. The average molecular weight is 511 g/mol. The number of hydrogen-bond donors (Lipinski definition) is 3. The first-order valence-electron chi connectivity index (χ1n) is 12.0. The summed E-state index contributed by atoms with van der Waals surface area (Å²) in [5.41, 5.74) is 1.65. The van der Waals surface area contributed by atoms with Crippen LogP contribution >= 0.6 is 0 Å². The highest BCUT2D eigenvalue weighted by molar-refractivity contribution is 6.11. The molecule has 12 heteroatoms. The fraction of sp³-hybridized carbons (Fsp3) is 0.400. The highest BCUT2D eigenvalue weighted by Crippen LogP contribution is 2.43. The van der Waals surface area contributed by atoms with Crippen molar-refractivity contribution >= 4 is 23.2 Å². The zero-order valence-electron chi connectivity index (χ0n) is 20.3. The summed E-state index contributed by atoms with van der Waals surface area (Å²) in [5, 5.41) is 11.8. The number of hydrogen-bond acceptors (Lipinski definition) is 8. The van der Waals surface area contributed by atoms with Crippen molar-refractivity contribution in [1.29, 1.82) is 0 Å². The van der Waals surface area contributed by atoms with E-state index < -0.39 is 36.4 Å². The molecule has 0 radical (unpaired) electrons. The molecule has 3 aliphatic rings. The van der Waals surface area contributed by atoms with Gasteiger partial charge in [-0.3, -0.25) is 19.1 Å². The number of nitrogens with zero attached hydrogens (tertiary/aromatic N) is 4. The third kappa shape index (κ3) is 4.77. The first-order valence-corrected chi connectivity index (χ1v) is 12.0. The smallest absolute Gasteiger partial charge is 0.330 e. The van der Waals surface area contributed by atoms with Gasteiger partial charge in [0.25, 0.3) is 11.5 Å². The van der Waals surface area contributed by atoms with Gasteiger partial charge in [0.2, 0.25) is 0 Å². The number of H-pyrrole nitrogens is 1. The number of carbonyl (C=O) groups excluding carboxylic acids is 1. The van der Waals surface area contributed by atoms with Crippen LogP contribution in [0.5, 0.6) is 0 Å². The summed E-state index contributed by atoms with van der Waals surface area (Å²) < 4.78 is 19.7. The van der Waals surface area contributed by atoms with E-state index in [1.54, 1.807) is 25.4 Å². The maximum absolute atomic E-state index is 13.4. The Morgan fingerprint density at radius 1 is 1.11 bits per heavy atom. The van der Waals surface area contributed by atoms with Crippen molar-refractivity contribution in [3.8, 4) is 0 Å². The van der Waals surface area contributed by atoms with Crippen LogP contribution < -0.4 is 21.5 Å². The van der Waals surface area contributed by atoms with E-state index in [2.05, 4.69) is 25.2 Å². The summed E-state index contributed by atoms with van der Waals surface area (Å²) in [6.45, 7) is 3.09. The van der Waals surface area contributed by atoms with E-state index in [1.165, 1.54) is 6.20 Å². The van der Waals surface area contributed by atoms with E-state index >= 15 is 0 Å². The van der Waals surface area contributed by atoms with Crippen LogP contribution in [0, 0.1) is 13.8 Å². The quantitative estimate of drug-likeness (QED) is 0.486. The molecule has 1 saturated carbocycles. The second-order valence-electron chi connectivity index (χ2n) is 9.30. The molecule has 37 heavy (non-hydrogen) atoms. The Morgan fingerprint density at radius 3 is 2.57 bits per heavy atom. The van der Waals surface area contributed by atoms with Crippen LogP contribution in [-0.4, -0.2) is 55.5 Å². The number of alkyl halides is 1. The van der Waals surface area contributed by atoms with Gasteiger partial charge in [-0.05, 0) is 50.5 Å². The Bertz CT molecular complexity index is 1450. The largest absolute Gasteiger partial charge is 0.394 e. The molecule has 5 heterocycles. The monoisotopic (exact) mass is 510 g/mol. The molecule has 6 rings (SSSR count). The fourth-order valence-electron chi connectivity index (χ4n) is 4.43. The zero-order valence-corrected chi connectivity index (χ0v) is 20.3. The lowest BCUT2D eigenvalue weighted by atomic mass is 10.2. The number of ether oxygens (including phenoxy) is 1. The number of aliphatic hydroxyl groups is 1. The lowest BCUT2D eigenvalue weighted by Crippen LogP contribution is -2.33. The molecular weight excluding hydrogens is 483 g/mol. The van der Waals surface area contributed by atoms with Gasteiger partial charge >= 0.3 is 5.69 Å². The van der Waals surface area contributed by atoms with Crippen molar-refractivity contribution in [2.24, 2.45) is 0 Å². The summed E-state index contributed by atoms with van der Waals surface area (Å²) >= 11 is 0. The van der Waals surface area contributed by atoms with Crippen molar-refractivity contribution in [3.63, 3.8) is 0 Å². The van der Waals surface area contributed by atoms with Gasteiger partial charge in [-0.1, -0.05) is 0 Å². The second-order valence-corrected chi connectivity index (χ2v) is 9.30. The van der Waals surface area contributed by atoms with Crippen LogP contribution in [-0.2, 0) is 4.74 Å². The molecule has 2 fully saturated rings. The molecule has 194 valence electrons. The Hall–Kier alpha value is -3.90. The zero-order chi connectivity index (χ0) is 26.3. The van der Waals surface area contributed by atoms with Crippen molar-refractivity contribution < 1.29 is 19.0 Å². The van der Waals surface area contributed by atoms with Crippen molar-refractivity contribution in [3.05, 3.63) is 74.3 Å². The number of aromatic nitrogens is 4. The van der Waals surface area contributed by atoms with Crippen molar-refractivity contribution in [2.75, 3.05) is 16.8 Å². The van der Waals surface area contributed by atoms with Gasteiger partial charge in [0, 0.05) is 36.6 Å². The van der Waals surface area contributed by atoms with E-state index in [0.29, 0.717) is 23.0 Å². The third-order valence-electron chi connectivity index (χ3n) is 6.58. The van der Waals surface area contributed by atoms with E-state index in [1.807, 2.05) is 19.1 Å². The maximum Gasteiger partial charge on any atom is 0.330 e. The molecule has 0 aromatic carbocycles. The SMILES string of the molecule is Cc1ccnc2c1NC(=O)c1cccnc1N2C1CC1.Cc1cn([C@H]2C[C@H](F)[C@@H](CO)O2)c(=O)[nH]c1=O. The summed E-state index contributed by atoms with van der Waals surface area (Å²) in [4.78, 5) is 48.2. The number of aryl methyl sites for hydroxylation is 2. The minimum absolute atomic E-state index is 0.0172. The highest BCUT2D eigenvalue weighted by Gasteiger charge is 2.38. The van der Waals surface area contributed by atoms with Gasteiger partial charge in [0.1, 0.15) is 24.3 Å². The van der Waals surface area contributed by atoms with Crippen LogP contribution in [0.1, 0.15) is 47.0 Å². The predicted octanol–water partition coefficient (Wildman–Crippen LogP) is 2.11. The molecule has 3 atom stereocenters. The molecule has 3 N–H and O–H groups in total. The lowest BCUT2D eigenvalue weighted by molar-refractivity contribution is -0.0356. The normalized spacial score (nSPS) is 22.3. The number of pyridine rings is 2. The Kier molecular flexibility index (Phi) is 6.61. The van der Waals surface area contributed by atoms with Gasteiger partial charge in [-0.25, -0.2) is 19.2 Å². The van der Waals surface area contributed by atoms with E-state index in [0.717, 1.165) is 34.5 Å². The molecule has 1 aliphatic carbocycles. The van der Waals surface area contributed by atoms with E-state index in [-0.39, 0.29) is 12.3 Å². The van der Waals surface area contributed by atoms with Crippen LogP contribution in [0.3, 0.4) is 0 Å². The Labute approximate surface area is 211 Å². The Morgan fingerprint density at radius 2 is 1.86 bits per heavy atom. The molecule has 1 amide bonds. The molecule has 3 aromatic heterocycles. The minimum atomic E-state index is -1.32. The fourth-order valence-corrected chi connectivity index (χ4v) is 4.43. The van der Waals surface area contributed by atoms with Gasteiger partial charge in [0.15, 0.2) is 5.82 Å². The number of anilines is 3. The molecule has 0 unspecified atom stereocenters. The highest BCUT2D eigenvalue weighted by atomic mass is 19.1. The van der Waals surface area contributed by atoms with Crippen molar-refractivity contribution in [1.82, 2.24) is 19.5 Å². The van der Waals surface area contributed by atoms with Crippen molar-refractivity contribution in [2.45, 2.75) is 57.7 Å². The van der Waals surface area contributed by atoms with Crippen LogP contribution in [0.2, 0.25) is 0 Å². The number of aromatic amines is 1. The Balaban J connectivity index is 0.000000154. The molecule has 3 aromatic rings. The number of carbonyl (C=O) groups is 1. The maximum atomic E-state index is 13.4. The number of fused-ring (bicyclic) bond motifs is 2. The second kappa shape index (κ2) is 9.87. The third-order valence-corrected chi connectivity index (χ3v) is 6.58. The number of rotatable bonds is 3. The van der Waals surface area contributed by atoms with Gasteiger partial charge in [0.05, 0.1) is 17.9 Å². The number of aliphatic hydroxyl groups excluding tert-OH is 1. The van der Waals surface area contributed by atoms with Crippen LogP contribution in [0.4, 0.5) is 21.7 Å². The molecular formula is C25H27FN6O5. The first-order chi connectivity index (χ1) is 17.8. The number of halogens is 1. The topological polar surface area (TPSA) is 142 Å². The number of amides is 1. The summed E-state index contributed by atoms with van der Waals surface area (Å²) in [7, 11) is 0. The van der Waals surface area contributed by atoms with Crippen LogP contribution in [0.15, 0.2) is 46.4 Å². The molecule has 2 aliphatic heterocycles. The van der Waals surface area contributed by atoms with E-state index in [4.69, 9.17) is 9.84 Å². The molecule has 0 bridgehead atoms. The average Bonchev–Trinajstić information content (AvgIpc) is 3.66. The molecule has 1 saturated heterocycles. The lowest BCUT2D eigenvalue weighted by Gasteiger charge is -2.23. The predicted molar refractivity (Wildman–Crippen MR) is 133 cm³/mol. The summed E-state index contributed by atoms with van der Waals surface area (Å²) in [6, 6.07) is 5.91. The van der Waals surface area contributed by atoms with Gasteiger partial charge < -0.3 is 20.1 Å². The summed E-state index contributed by atoms with van der Waals surface area (Å²) in [5.74, 6) is 1.40. The standard InChI is InChI=1S/C15H14N4O.C10H13FN2O4/c1-9-6-8-17-14-12(9)18-15(20)11-3-2-7-16-13(11)19(14)10-4-5-10;1-5-3-13(10(16)12-9(5)15)8-2-6(11)7(4-14)17-8/h2-3,6-8,10H,4-5H2,1H3,(H,18,20);3,6-8,14H,2,4H2,1H3,(H,12,15,16)/t;6-,7+,8+/m.0/s1. The first kappa shape index (κ1) is 24.8. The number of nitrogens with one attached hydrogen (secondary N) is 2. The molecule has 0 spiro atoms.